The molecule has 0 aliphatic rings. The second-order valence-electron chi connectivity index (χ2n) is 4.17. The van der Waals surface area contributed by atoms with Crippen molar-refractivity contribution in [3.05, 3.63) is 48.7 Å². The lowest BCUT2D eigenvalue weighted by Gasteiger charge is -2.12. The third-order valence-corrected chi connectivity index (χ3v) is 2.90. The van der Waals surface area contributed by atoms with Crippen LogP contribution in [0.4, 0.5) is 0 Å². The van der Waals surface area contributed by atoms with Crippen LogP contribution in [-0.2, 0) is 16.0 Å². The van der Waals surface area contributed by atoms with Crippen LogP contribution in [0.15, 0.2) is 43.1 Å². The first-order valence-corrected chi connectivity index (χ1v) is 5.82. The Kier molecular flexibility index (Phi) is 3.66. The number of carbonyl (C=O) groups is 2. The summed E-state index contributed by atoms with van der Waals surface area (Å²) >= 11 is 0. The summed E-state index contributed by atoms with van der Waals surface area (Å²) in [7, 11) is 0. The number of H-pyrrole nitrogens is 1. The number of carboxylic acids is 1. The van der Waals surface area contributed by atoms with Crippen LogP contribution in [0.2, 0.25) is 0 Å². The Morgan fingerprint density at radius 3 is 2.84 bits per heavy atom. The molecule has 2 aromatic rings. The Labute approximate surface area is 109 Å². The zero-order valence-corrected chi connectivity index (χ0v) is 10.2. The smallest absolute Gasteiger partial charge is 0.326 e. The van der Waals surface area contributed by atoms with E-state index in [1.54, 1.807) is 6.20 Å². The zero-order chi connectivity index (χ0) is 13.8. The van der Waals surface area contributed by atoms with Crippen molar-refractivity contribution in [1.82, 2.24) is 10.3 Å². The molecular weight excluding hydrogens is 244 g/mol. The lowest BCUT2D eigenvalue weighted by atomic mass is 10.1. The van der Waals surface area contributed by atoms with Gasteiger partial charge in [-0.25, -0.2) is 4.79 Å². The highest BCUT2D eigenvalue weighted by molar-refractivity contribution is 5.91. The molecular formula is C14H14N2O3. The van der Waals surface area contributed by atoms with E-state index < -0.39 is 17.9 Å². The molecule has 0 aliphatic heterocycles. The third kappa shape index (κ3) is 2.82. The summed E-state index contributed by atoms with van der Waals surface area (Å²) in [6.45, 7) is 3.31. The Morgan fingerprint density at radius 1 is 1.42 bits per heavy atom. The minimum absolute atomic E-state index is 0.221. The van der Waals surface area contributed by atoms with E-state index in [1.807, 2.05) is 24.3 Å². The quantitative estimate of drug-likeness (QED) is 0.710. The van der Waals surface area contributed by atoms with Crippen molar-refractivity contribution < 1.29 is 14.7 Å². The monoisotopic (exact) mass is 258 g/mol. The minimum Gasteiger partial charge on any atom is -0.480 e. The molecule has 0 saturated carbocycles. The van der Waals surface area contributed by atoms with E-state index in [2.05, 4.69) is 16.9 Å². The summed E-state index contributed by atoms with van der Waals surface area (Å²) in [4.78, 5) is 25.4. The molecule has 0 bridgehead atoms. The summed E-state index contributed by atoms with van der Waals surface area (Å²) in [5.41, 5.74) is 1.80. The SMILES string of the molecule is C=CC(=O)N[C@H](Cc1c[nH]c2ccccc12)C(=O)O. The first-order chi connectivity index (χ1) is 9.11. The second kappa shape index (κ2) is 5.39. The van der Waals surface area contributed by atoms with Crippen LogP contribution in [-0.4, -0.2) is 28.0 Å². The van der Waals surface area contributed by atoms with Gasteiger partial charge >= 0.3 is 5.97 Å². The maximum Gasteiger partial charge on any atom is 0.326 e. The molecule has 1 atom stereocenters. The molecule has 19 heavy (non-hydrogen) atoms. The minimum atomic E-state index is -1.07. The van der Waals surface area contributed by atoms with Crippen LogP contribution in [0.25, 0.3) is 10.9 Å². The molecule has 2 rings (SSSR count). The molecule has 5 heteroatoms. The highest BCUT2D eigenvalue weighted by Gasteiger charge is 2.20. The second-order valence-corrected chi connectivity index (χ2v) is 4.17. The molecule has 0 saturated heterocycles. The number of amides is 1. The first kappa shape index (κ1) is 12.9. The van der Waals surface area contributed by atoms with Crippen LogP contribution < -0.4 is 5.32 Å². The van der Waals surface area contributed by atoms with Gasteiger partial charge in [-0.1, -0.05) is 24.8 Å². The normalized spacial score (nSPS) is 12.0. The van der Waals surface area contributed by atoms with Gasteiger partial charge in [0.05, 0.1) is 0 Å². The number of aromatic amines is 1. The standard InChI is InChI=1S/C14H14N2O3/c1-2-13(17)16-12(14(18)19)7-9-8-15-11-6-4-3-5-10(9)11/h2-6,8,12,15H,1,7H2,(H,16,17)(H,18,19)/t12-/m1/s1. The Bertz CT molecular complexity index is 630. The molecule has 1 heterocycles. The van der Waals surface area contributed by atoms with Crippen molar-refractivity contribution in [3.8, 4) is 0 Å². The van der Waals surface area contributed by atoms with E-state index >= 15 is 0 Å². The van der Waals surface area contributed by atoms with Crippen LogP contribution in [0.3, 0.4) is 0 Å². The summed E-state index contributed by atoms with van der Waals surface area (Å²) in [5.74, 6) is -1.56. The van der Waals surface area contributed by atoms with Gasteiger partial charge in [0.25, 0.3) is 0 Å². The van der Waals surface area contributed by atoms with Gasteiger partial charge in [0.1, 0.15) is 6.04 Å². The van der Waals surface area contributed by atoms with Crippen LogP contribution in [0, 0.1) is 0 Å². The summed E-state index contributed by atoms with van der Waals surface area (Å²) in [6.07, 6.45) is 3.05. The van der Waals surface area contributed by atoms with Gasteiger partial charge in [-0.05, 0) is 17.7 Å². The third-order valence-electron chi connectivity index (χ3n) is 2.90. The predicted molar refractivity (Wildman–Crippen MR) is 71.8 cm³/mol. The fourth-order valence-corrected chi connectivity index (χ4v) is 1.95. The van der Waals surface area contributed by atoms with Gasteiger partial charge in [-0.15, -0.1) is 0 Å². The number of carbonyl (C=O) groups excluding carboxylic acids is 1. The molecule has 1 amide bonds. The van der Waals surface area contributed by atoms with Crippen molar-refractivity contribution in [3.63, 3.8) is 0 Å². The highest BCUT2D eigenvalue weighted by Crippen LogP contribution is 2.19. The van der Waals surface area contributed by atoms with Gasteiger partial charge in [-0.3, -0.25) is 4.79 Å². The number of carboxylic acid groups (broad SMARTS) is 1. The first-order valence-electron chi connectivity index (χ1n) is 5.82. The number of para-hydroxylation sites is 1. The topological polar surface area (TPSA) is 82.2 Å². The van der Waals surface area contributed by atoms with Crippen molar-refractivity contribution in [1.29, 1.82) is 0 Å². The van der Waals surface area contributed by atoms with Crippen LogP contribution in [0.1, 0.15) is 5.56 Å². The largest absolute Gasteiger partial charge is 0.480 e. The predicted octanol–water partition coefficient (Wildman–Crippen LogP) is 1.47. The van der Waals surface area contributed by atoms with Crippen molar-refractivity contribution in [2.75, 3.05) is 0 Å². The lowest BCUT2D eigenvalue weighted by Crippen LogP contribution is -2.41. The molecule has 1 aromatic heterocycles. The molecule has 0 spiro atoms. The number of benzene rings is 1. The summed E-state index contributed by atoms with van der Waals surface area (Å²) in [6, 6.07) is 6.64. The molecule has 0 radical (unpaired) electrons. The average Bonchev–Trinajstić information content (AvgIpc) is 2.81. The number of fused-ring (bicyclic) bond motifs is 1. The Hall–Kier alpha value is -2.56. The fourth-order valence-electron chi connectivity index (χ4n) is 1.95. The lowest BCUT2D eigenvalue weighted by molar-refractivity contribution is -0.141. The van der Waals surface area contributed by atoms with Gasteiger partial charge < -0.3 is 15.4 Å². The van der Waals surface area contributed by atoms with E-state index in [9.17, 15) is 9.59 Å². The van der Waals surface area contributed by atoms with Crippen LogP contribution >= 0.6 is 0 Å². The van der Waals surface area contributed by atoms with E-state index in [0.717, 1.165) is 22.5 Å². The Balaban J connectivity index is 2.23. The van der Waals surface area contributed by atoms with E-state index in [1.165, 1.54) is 0 Å². The number of aromatic nitrogens is 1. The number of hydrogen-bond acceptors (Lipinski definition) is 2. The summed E-state index contributed by atoms with van der Waals surface area (Å²) < 4.78 is 0. The number of rotatable bonds is 5. The summed E-state index contributed by atoms with van der Waals surface area (Å²) in [5, 5.41) is 12.5. The number of hydrogen-bond donors (Lipinski definition) is 3. The molecule has 0 aliphatic carbocycles. The molecule has 1 aromatic carbocycles. The van der Waals surface area contributed by atoms with Crippen molar-refractivity contribution in [2.24, 2.45) is 0 Å². The number of nitrogens with one attached hydrogen (secondary N) is 2. The van der Waals surface area contributed by atoms with E-state index in [4.69, 9.17) is 5.11 Å². The maximum absolute atomic E-state index is 11.2. The molecule has 0 unspecified atom stereocenters. The van der Waals surface area contributed by atoms with E-state index in [0.29, 0.717) is 0 Å². The van der Waals surface area contributed by atoms with Gasteiger partial charge in [0.2, 0.25) is 5.91 Å². The van der Waals surface area contributed by atoms with Crippen LogP contribution in [0.5, 0.6) is 0 Å². The molecule has 0 fully saturated rings. The molecule has 3 N–H and O–H groups in total. The van der Waals surface area contributed by atoms with Gasteiger partial charge in [0, 0.05) is 23.5 Å². The van der Waals surface area contributed by atoms with Gasteiger partial charge in [0.15, 0.2) is 0 Å². The average molecular weight is 258 g/mol. The van der Waals surface area contributed by atoms with Crippen molar-refractivity contribution >= 4 is 22.8 Å². The van der Waals surface area contributed by atoms with Gasteiger partial charge in [-0.2, -0.15) is 0 Å². The highest BCUT2D eigenvalue weighted by atomic mass is 16.4. The number of aliphatic carboxylic acids is 1. The maximum atomic E-state index is 11.2. The zero-order valence-electron chi connectivity index (χ0n) is 10.2. The van der Waals surface area contributed by atoms with E-state index in [-0.39, 0.29) is 6.42 Å². The molecule has 98 valence electrons. The fraction of sp³-hybridized carbons (Fsp3) is 0.143. The molecule has 5 nitrogen and oxygen atoms in total. The van der Waals surface area contributed by atoms with Crippen molar-refractivity contribution in [2.45, 2.75) is 12.5 Å². The Morgan fingerprint density at radius 2 is 2.16 bits per heavy atom.